The molecule has 19 heavy (non-hydrogen) atoms. The summed E-state index contributed by atoms with van der Waals surface area (Å²) in [5, 5.41) is 13.9. The number of rotatable bonds is 3. The van der Waals surface area contributed by atoms with E-state index in [0.717, 1.165) is 0 Å². The van der Waals surface area contributed by atoms with Crippen molar-refractivity contribution in [3.05, 3.63) is 62.4 Å². The number of nitrogens with one attached hydrogen (secondary N) is 1. The van der Waals surface area contributed by atoms with Crippen molar-refractivity contribution in [1.82, 2.24) is 0 Å². The van der Waals surface area contributed by atoms with Crippen LogP contribution in [-0.2, 0) is 0 Å². The van der Waals surface area contributed by atoms with Crippen LogP contribution in [0.1, 0.15) is 0 Å². The fraction of sp³-hybridized carbons (Fsp3) is 0. The minimum Gasteiger partial charge on any atom is -0.350 e. The van der Waals surface area contributed by atoms with Crippen molar-refractivity contribution in [2.45, 2.75) is 0 Å². The maximum Gasteiger partial charge on any atom is 0.294 e. The summed E-state index contributed by atoms with van der Waals surface area (Å²) >= 11 is 11.3. The molecule has 0 unspecified atom stereocenters. The van der Waals surface area contributed by atoms with Crippen LogP contribution in [0.2, 0.25) is 10.0 Å². The number of nitro benzene ring substituents is 1. The highest BCUT2D eigenvalue weighted by Crippen LogP contribution is 2.31. The van der Waals surface area contributed by atoms with Crippen LogP contribution in [0, 0.1) is 15.9 Å². The molecule has 0 saturated carbocycles. The standard InChI is InChI=1S/C12H7Cl2FN2O2/c13-7-1-4-11(12(5-7)17(18)19)16-8-2-3-10(15)9(14)6-8/h1-6,16H. The monoisotopic (exact) mass is 300 g/mol. The van der Waals surface area contributed by atoms with Crippen molar-refractivity contribution < 1.29 is 9.31 Å². The third-order valence-electron chi connectivity index (χ3n) is 2.36. The smallest absolute Gasteiger partial charge is 0.294 e. The molecule has 0 amide bonds. The van der Waals surface area contributed by atoms with Crippen molar-refractivity contribution in [3.63, 3.8) is 0 Å². The van der Waals surface area contributed by atoms with Crippen LogP contribution < -0.4 is 5.32 Å². The van der Waals surface area contributed by atoms with Gasteiger partial charge in [-0.15, -0.1) is 0 Å². The second-order valence-electron chi connectivity index (χ2n) is 3.67. The molecule has 0 saturated heterocycles. The molecule has 2 rings (SSSR count). The van der Waals surface area contributed by atoms with Crippen LogP contribution in [0.15, 0.2) is 36.4 Å². The van der Waals surface area contributed by atoms with Crippen molar-refractivity contribution in [3.8, 4) is 0 Å². The molecule has 0 atom stereocenters. The summed E-state index contributed by atoms with van der Waals surface area (Å²) < 4.78 is 13.0. The van der Waals surface area contributed by atoms with E-state index >= 15 is 0 Å². The molecule has 0 fully saturated rings. The highest BCUT2D eigenvalue weighted by atomic mass is 35.5. The summed E-state index contributed by atoms with van der Waals surface area (Å²) in [6, 6.07) is 8.16. The summed E-state index contributed by atoms with van der Waals surface area (Å²) in [4.78, 5) is 10.3. The minimum absolute atomic E-state index is 0.0679. The normalized spacial score (nSPS) is 10.3. The van der Waals surface area contributed by atoms with Gasteiger partial charge in [-0.2, -0.15) is 0 Å². The predicted molar refractivity (Wildman–Crippen MR) is 72.8 cm³/mol. The molecular weight excluding hydrogens is 294 g/mol. The molecule has 0 aliphatic carbocycles. The summed E-state index contributed by atoms with van der Waals surface area (Å²) in [6.07, 6.45) is 0. The first-order valence-electron chi connectivity index (χ1n) is 5.13. The number of nitrogens with zero attached hydrogens (tertiary/aromatic N) is 1. The Labute approximate surface area is 117 Å². The van der Waals surface area contributed by atoms with Crippen molar-refractivity contribution in [2.75, 3.05) is 5.32 Å². The maximum atomic E-state index is 13.0. The number of benzene rings is 2. The summed E-state index contributed by atoms with van der Waals surface area (Å²) in [5.41, 5.74) is 0.516. The molecule has 0 aliphatic heterocycles. The molecule has 0 bridgehead atoms. The Morgan fingerprint density at radius 2 is 1.89 bits per heavy atom. The van der Waals surface area contributed by atoms with Crippen LogP contribution in [0.3, 0.4) is 0 Å². The van der Waals surface area contributed by atoms with Gasteiger partial charge in [0.05, 0.1) is 9.95 Å². The van der Waals surface area contributed by atoms with E-state index in [1.165, 1.54) is 36.4 Å². The zero-order chi connectivity index (χ0) is 14.0. The Morgan fingerprint density at radius 3 is 2.53 bits per heavy atom. The SMILES string of the molecule is O=[N+]([O-])c1cc(Cl)ccc1Nc1ccc(F)c(Cl)c1. The minimum atomic E-state index is -0.558. The zero-order valence-corrected chi connectivity index (χ0v) is 10.9. The van der Waals surface area contributed by atoms with Gasteiger partial charge in [0, 0.05) is 16.8 Å². The van der Waals surface area contributed by atoms with Gasteiger partial charge >= 0.3 is 0 Å². The molecular formula is C12H7Cl2FN2O2. The van der Waals surface area contributed by atoms with Crippen LogP contribution in [0.4, 0.5) is 21.5 Å². The molecule has 7 heteroatoms. The maximum absolute atomic E-state index is 13.0. The molecule has 0 aliphatic rings. The van der Waals surface area contributed by atoms with E-state index in [-0.39, 0.29) is 21.4 Å². The van der Waals surface area contributed by atoms with Gasteiger partial charge in [-0.3, -0.25) is 10.1 Å². The molecule has 0 radical (unpaired) electrons. The highest BCUT2D eigenvalue weighted by Gasteiger charge is 2.14. The van der Waals surface area contributed by atoms with Crippen molar-refractivity contribution in [1.29, 1.82) is 0 Å². The van der Waals surface area contributed by atoms with E-state index in [2.05, 4.69) is 5.32 Å². The molecule has 0 heterocycles. The lowest BCUT2D eigenvalue weighted by Gasteiger charge is -2.08. The number of anilines is 2. The lowest BCUT2D eigenvalue weighted by Crippen LogP contribution is -1.97. The van der Waals surface area contributed by atoms with Crippen molar-refractivity contribution in [2.24, 2.45) is 0 Å². The lowest BCUT2D eigenvalue weighted by molar-refractivity contribution is -0.383. The molecule has 98 valence electrons. The lowest BCUT2D eigenvalue weighted by atomic mass is 10.2. The largest absolute Gasteiger partial charge is 0.350 e. The van der Waals surface area contributed by atoms with Crippen LogP contribution in [0.25, 0.3) is 0 Å². The van der Waals surface area contributed by atoms with Gasteiger partial charge in [-0.05, 0) is 30.3 Å². The fourth-order valence-corrected chi connectivity index (χ4v) is 1.84. The summed E-state index contributed by atoms with van der Waals surface area (Å²) in [7, 11) is 0. The molecule has 0 aromatic heterocycles. The first-order chi connectivity index (χ1) is 8.97. The second kappa shape index (κ2) is 5.42. The number of hydrogen-bond donors (Lipinski definition) is 1. The van der Waals surface area contributed by atoms with Crippen LogP contribution in [0.5, 0.6) is 0 Å². The zero-order valence-electron chi connectivity index (χ0n) is 9.36. The van der Waals surface area contributed by atoms with Crippen LogP contribution >= 0.6 is 23.2 Å². The second-order valence-corrected chi connectivity index (χ2v) is 4.52. The summed E-state index contributed by atoms with van der Waals surface area (Å²) in [6.45, 7) is 0. The predicted octanol–water partition coefficient (Wildman–Crippen LogP) is 4.78. The third-order valence-corrected chi connectivity index (χ3v) is 2.88. The Morgan fingerprint density at radius 1 is 1.16 bits per heavy atom. The van der Waals surface area contributed by atoms with E-state index in [1.807, 2.05) is 0 Å². The van der Waals surface area contributed by atoms with E-state index in [4.69, 9.17) is 23.2 Å². The van der Waals surface area contributed by atoms with Gasteiger partial charge < -0.3 is 5.32 Å². The molecule has 2 aromatic rings. The number of halogens is 3. The summed E-state index contributed by atoms with van der Waals surface area (Å²) in [5.74, 6) is -0.558. The van der Waals surface area contributed by atoms with Gasteiger partial charge in [-0.25, -0.2) is 4.39 Å². The molecule has 2 aromatic carbocycles. The van der Waals surface area contributed by atoms with E-state index in [0.29, 0.717) is 5.69 Å². The van der Waals surface area contributed by atoms with Gasteiger partial charge in [0.25, 0.3) is 5.69 Å². The van der Waals surface area contributed by atoms with E-state index < -0.39 is 10.7 Å². The highest BCUT2D eigenvalue weighted by molar-refractivity contribution is 6.31. The van der Waals surface area contributed by atoms with E-state index in [1.54, 1.807) is 0 Å². The third kappa shape index (κ3) is 3.13. The van der Waals surface area contributed by atoms with Gasteiger partial charge in [-0.1, -0.05) is 23.2 Å². The van der Waals surface area contributed by atoms with Crippen molar-refractivity contribution >= 4 is 40.3 Å². The Bertz CT molecular complexity index is 650. The Balaban J connectivity index is 2.37. The van der Waals surface area contributed by atoms with Gasteiger partial charge in [0.15, 0.2) is 0 Å². The number of hydrogen-bond acceptors (Lipinski definition) is 3. The first-order valence-corrected chi connectivity index (χ1v) is 5.89. The molecule has 4 nitrogen and oxygen atoms in total. The molecule has 1 N–H and O–H groups in total. The fourth-order valence-electron chi connectivity index (χ4n) is 1.49. The van der Waals surface area contributed by atoms with Crippen LogP contribution in [-0.4, -0.2) is 4.92 Å². The number of nitro groups is 1. The van der Waals surface area contributed by atoms with Gasteiger partial charge in [0.1, 0.15) is 11.5 Å². The average molecular weight is 301 g/mol. The average Bonchev–Trinajstić information content (AvgIpc) is 2.36. The first kappa shape index (κ1) is 13.6. The Kier molecular flexibility index (Phi) is 3.87. The molecule has 0 spiro atoms. The van der Waals surface area contributed by atoms with Gasteiger partial charge in [0.2, 0.25) is 0 Å². The van der Waals surface area contributed by atoms with E-state index in [9.17, 15) is 14.5 Å². The Hall–Kier alpha value is -1.85. The quantitative estimate of drug-likeness (QED) is 0.655. The topological polar surface area (TPSA) is 55.2 Å².